The van der Waals surface area contributed by atoms with Crippen molar-refractivity contribution in [1.29, 1.82) is 0 Å². The zero-order valence-corrected chi connectivity index (χ0v) is 26.6. The Morgan fingerprint density at radius 3 is 2.39 bits per heavy atom. The van der Waals surface area contributed by atoms with Crippen molar-refractivity contribution in [3.05, 3.63) is 152 Å². The third-order valence-corrected chi connectivity index (χ3v) is 7.65. The fourth-order valence-electron chi connectivity index (χ4n) is 5.57. The van der Waals surface area contributed by atoms with E-state index < -0.39 is 6.85 Å². The summed E-state index contributed by atoms with van der Waals surface area (Å²) in [5.41, 5.74) is 6.73. The van der Waals surface area contributed by atoms with Crippen LogP contribution in [0.4, 0.5) is 0 Å². The summed E-state index contributed by atoms with van der Waals surface area (Å²) in [4.78, 5) is 17.6. The summed E-state index contributed by atoms with van der Waals surface area (Å²) in [5, 5.41) is 4.36. The summed E-state index contributed by atoms with van der Waals surface area (Å²) >= 11 is 0. The van der Waals surface area contributed by atoms with Crippen LogP contribution >= 0.6 is 0 Å². The number of aromatic nitrogens is 5. The average molecular weight is 775 g/mol. The molecule has 223 valence electrons. The first kappa shape index (κ1) is 25.8. The van der Waals surface area contributed by atoms with E-state index in [9.17, 15) is 0 Å². The number of imidazole rings is 1. The summed E-state index contributed by atoms with van der Waals surface area (Å²) in [7, 11) is 0. The summed E-state index contributed by atoms with van der Waals surface area (Å²) in [5.74, 6) is 0.723. The largest absolute Gasteiger partial charge is 0.500 e. The van der Waals surface area contributed by atoms with Gasteiger partial charge < -0.3 is 14.0 Å². The first-order chi connectivity index (χ1) is 23.5. The predicted octanol–water partition coefficient (Wildman–Crippen LogP) is 9.19. The first-order valence-corrected chi connectivity index (χ1v) is 14.4. The van der Waals surface area contributed by atoms with Gasteiger partial charge in [-0.1, -0.05) is 77.7 Å². The first-order valence-electron chi connectivity index (χ1n) is 15.9. The normalized spacial score (nSPS) is 12.2. The minimum absolute atomic E-state index is 0. The molecule has 0 fully saturated rings. The molecule has 6 nitrogen and oxygen atoms in total. The van der Waals surface area contributed by atoms with Gasteiger partial charge in [0, 0.05) is 46.9 Å². The van der Waals surface area contributed by atoms with Crippen LogP contribution in [0.25, 0.3) is 72.2 Å². The molecule has 0 N–H and O–H groups in total. The maximum Gasteiger partial charge on any atom is 0.171 e. The van der Waals surface area contributed by atoms with Crippen molar-refractivity contribution in [3.8, 4) is 28.3 Å². The fourth-order valence-corrected chi connectivity index (χ4v) is 5.57. The summed E-state index contributed by atoms with van der Waals surface area (Å²) in [6.45, 7) is -2.09. The molecule has 7 heteroatoms. The van der Waals surface area contributed by atoms with Crippen LogP contribution in [0.2, 0.25) is 0 Å². The molecule has 1 radical (unpaired) electrons. The van der Waals surface area contributed by atoms with Crippen LogP contribution in [-0.4, -0.2) is 24.5 Å². The molecule has 0 saturated carbocycles. The molecular weight excluding hydrogens is 747 g/mol. The maximum absolute atomic E-state index is 7.23. The number of hydrogen-bond acceptors (Lipinski definition) is 5. The van der Waals surface area contributed by atoms with E-state index in [-0.39, 0.29) is 25.7 Å². The maximum atomic E-state index is 7.23. The molecular formula is C39H25IrN5O-2. The minimum atomic E-state index is -2.09. The smallest absolute Gasteiger partial charge is 0.171 e. The Hall–Kier alpha value is -5.49. The third kappa shape index (κ3) is 5.26. The summed E-state index contributed by atoms with van der Waals surface area (Å²) in [6.07, 6.45) is 4.70. The van der Waals surface area contributed by atoms with Crippen molar-refractivity contribution in [2.24, 2.45) is 0 Å². The molecule has 4 aromatic heterocycles. The van der Waals surface area contributed by atoms with Crippen molar-refractivity contribution in [2.75, 3.05) is 0 Å². The zero-order valence-electron chi connectivity index (χ0n) is 27.2. The molecule has 5 aromatic carbocycles. The Kier molecular flexibility index (Phi) is 7.00. The molecule has 0 aliphatic heterocycles. The number of fused-ring (bicyclic) bond motifs is 6. The van der Waals surface area contributed by atoms with Gasteiger partial charge >= 0.3 is 0 Å². The molecule has 0 atom stereocenters. The van der Waals surface area contributed by atoms with Crippen LogP contribution in [0.15, 0.2) is 138 Å². The van der Waals surface area contributed by atoms with Gasteiger partial charge in [0.2, 0.25) is 0 Å². The molecule has 0 bridgehead atoms. The number of furan rings is 1. The van der Waals surface area contributed by atoms with Gasteiger partial charge in [0.05, 0.1) is 17.6 Å². The predicted molar refractivity (Wildman–Crippen MR) is 179 cm³/mol. The number of benzene rings is 5. The number of rotatable bonds is 3. The van der Waals surface area contributed by atoms with E-state index in [0.717, 1.165) is 66.6 Å². The average Bonchev–Trinajstić information content (AvgIpc) is 3.72. The number of aryl methyl sites for hydroxylation is 1. The summed E-state index contributed by atoms with van der Waals surface area (Å²) in [6, 6.07) is 43.8. The second kappa shape index (κ2) is 12.5. The van der Waals surface area contributed by atoms with Gasteiger partial charge in [-0.2, -0.15) is 0 Å². The number of pyridine rings is 1. The molecule has 0 amide bonds. The van der Waals surface area contributed by atoms with Gasteiger partial charge in [-0.25, -0.2) is 9.97 Å². The van der Waals surface area contributed by atoms with Gasteiger partial charge in [-0.05, 0) is 35.6 Å². The van der Waals surface area contributed by atoms with Crippen molar-refractivity contribution in [2.45, 2.75) is 6.85 Å². The molecule has 0 saturated heterocycles. The number of para-hydroxylation sites is 1. The summed E-state index contributed by atoms with van der Waals surface area (Å²) < 4.78 is 30.3. The van der Waals surface area contributed by atoms with E-state index in [1.165, 1.54) is 12.5 Å². The Labute approximate surface area is 283 Å². The quantitative estimate of drug-likeness (QED) is 0.168. The van der Waals surface area contributed by atoms with Crippen molar-refractivity contribution in [1.82, 2.24) is 24.5 Å². The number of nitrogens with zero attached hydrogens (tertiary/aromatic N) is 5. The molecule has 0 aliphatic rings. The van der Waals surface area contributed by atoms with Gasteiger partial charge in [-0.15, -0.1) is 54.1 Å². The molecule has 0 spiro atoms. The SMILES string of the molecule is [2H]C([2H])([2H])c1ccc(-c2[c-]cccc2)nc1.[Ir].[c-]1ccc2c(oc3c4ccccc4ccc23)c1-c1nc2ncncc2n1-c1ccccc1. The standard InChI is InChI=1S/C27H15N4O.C12H10N.Ir/c1-2-8-18(9-3-1)31-23-15-28-16-29-26(23)30-27(31)22-12-6-11-20-21-14-13-17-7-4-5-10-19(17)24(21)32-25(20)22;1-10-7-8-12(13-9-10)11-5-3-2-4-6-11;/h1-11,13-16H;2-5,7-9H,1H3;/q2*-1;/i;1D3;. The molecule has 46 heavy (non-hydrogen) atoms. The van der Waals surface area contributed by atoms with Gasteiger partial charge in [0.15, 0.2) is 5.65 Å². The van der Waals surface area contributed by atoms with E-state index in [1.807, 2.05) is 66.7 Å². The van der Waals surface area contributed by atoms with E-state index in [1.54, 1.807) is 24.4 Å². The van der Waals surface area contributed by atoms with Gasteiger partial charge in [-0.3, -0.25) is 4.98 Å². The second-order valence-corrected chi connectivity index (χ2v) is 10.4. The Morgan fingerprint density at radius 1 is 0.717 bits per heavy atom. The molecule has 9 rings (SSSR count). The fraction of sp³-hybridized carbons (Fsp3) is 0.0256. The van der Waals surface area contributed by atoms with Crippen molar-refractivity contribution >= 4 is 43.9 Å². The Morgan fingerprint density at radius 2 is 1.57 bits per heavy atom. The van der Waals surface area contributed by atoms with E-state index in [4.69, 9.17) is 13.5 Å². The molecule has 0 aliphatic carbocycles. The van der Waals surface area contributed by atoms with Crippen molar-refractivity contribution < 1.29 is 28.6 Å². The molecule has 9 aromatic rings. The van der Waals surface area contributed by atoms with Gasteiger partial charge in [0.1, 0.15) is 17.4 Å². The second-order valence-electron chi connectivity index (χ2n) is 10.4. The monoisotopic (exact) mass is 775 g/mol. The van der Waals surface area contributed by atoms with E-state index >= 15 is 0 Å². The van der Waals surface area contributed by atoms with Crippen LogP contribution in [0, 0.1) is 19.0 Å². The molecule has 0 unspecified atom stereocenters. The van der Waals surface area contributed by atoms with Crippen molar-refractivity contribution in [3.63, 3.8) is 0 Å². The molecule has 4 heterocycles. The van der Waals surface area contributed by atoms with E-state index in [0.29, 0.717) is 5.65 Å². The minimum Gasteiger partial charge on any atom is -0.500 e. The topological polar surface area (TPSA) is 69.6 Å². The van der Waals surface area contributed by atoms with Crippen LogP contribution in [0.1, 0.15) is 9.68 Å². The van der Waals surface area contributed by atoms with Crippen LogP contribution in [0.3, 0.4) is 0 Å². The zero-order chi connectivity index (χ0) is 32.7. The van der Waals surface area contributed by atoms with Crippen LogP contribution in [-0.2, 0) is 20.1 Å². The van der Waals surface area contributed by atoms with Crippen LogP contribution < -0.4 is 0 Å². The van der Waals surface area contributed by atoms with E-state index in [2.05, 4.69) is 62.0 Å². The number of hydrogen-bond donors (Lipinski definition) is 0. The van der Waals surface area contributed by atoms with Gasteiger partial charge in [0.25, 0.3) is 0 Å². The van der Waals surface area contributed by atoms with Crippen LogP contribution in [0.5, 0.6) is 0 Å². The Bertz CT molecular complexity index is 2550. The Balaban J connectivity index is 0.000000189. The third-order valence-electron chi connectivity index (χ3n) is 7.65.